The van der Waals surface area contributed by atoms with Gasteiger partial charge in [0.15, 0.2) is 0 Å². The summed E-state index contributed by atoms with van der Waals surface area (Å²) in [7, 11) is -6.91. The average Bonchev–Trinajstić information content (AvgIpc) is 2.69. The third-order valence-electron chi connectivity index (χ3n) is 4.43. The highest BCUT2D eigenvalue weighted by molar-refractivity contribution is 7.83. The molecule has 2 aromatic carbocycles. The lowest BCUT2D eigenvalue weighted by molar-refractivity contribution is -0.0305. The number of alkyl halides is 2. The molecule has 0 aliphatic rings. The molecule has 9 heteroatoms. The Morgan fingerprint density at radius 3 is 2.00 bits per heavy atom. The van der Waals surface area contributed by atoms with Crippen molar-refractivity contribution in [3.05, 3.63) is 65.7 Å². The van der Waals surface area contributed by atoms with Gasteiger partial charge in [-0.2, -0.15) is 8.78 Å². The summed E-state index contributed by atoms with van der Waals surface area (Å²) in [6.45, 7) is 5.48. The lowest BCUT2D eigenvalue weighted by atomic mass is 9.93. The standard InChI is InChI=1S/C20H26F2NO4PS/c1-5-26-28(24,27-6-2)20(21,22)19(4,17-10-8-7-9-11-17)23-29(25)18-14-12-16(3)13-15-18/h7-15,23H,5-6H2,1-4H3/t19-,29+/m1/s1. The second-order valence-corrected chi connectivity index (χ2v) is 9.84. The number of hydrogen-bond donors (Lipinski definition) is 1. The van der Waals surface area contributed by atoms with Gasteiger partial charge in [-0.25, -0.2) is 8.93 Å². The molecule has 0 amide bonds. The zero-order chi connectivity index (χ0) is 21.7. The molecule has 0 fully saturated rings. The van der Waals surface area contributed by atoms with E-state index in [1.54, 1.807) is 42.5 Å². The maximum Gasteiger partial charge on any atom is 0.402 e. The topological polar surface area (TPSA) is 64.6 Å². The van der Waals surface area contributed by atoms with Gasteiger partial charge in [-0.05, 0) is 45.4 Å². The second kappa shape index (κ2) is 9.58. The Balaban J connectivity index is 2.57. The smallest absolute Gasteiger partial charge is 0.305 e. The summed E-state index contributed by atoms with van der Waals surface area (Å²) in [4.78, 5) is 0.316. The molecule has 29 heavy (non-hydrogen) atoms. The molecule has 0 unspecified atom stereocenters. The molecular formula is C20H26F2NO4PS. The molecule has 160 valence electrons. The van der Waals surface area contributed by atoms with Crippen LogP contribution in [0.3, 0.4) is 0 Å². The first-order chi connectivity index (χ1) is 13.6. The first-order valence-electron chi connectivity index (χ1n) is 9.20. The highest BCUT2D eigenvalue weighted by Crippen LogP contribution is 2.67. The fourth-order valence-electron chi connectivity index (χ4n) is 2.78. The highest BCUT2D eigenvalue weighted by atomic mass is 32.2. The van der Waals surface area contributed by atoms with Crippen LogP contribution in [0.1, 0.15) is 31.9 Å². The molecule has 0 bridgehead atoms. The average molecular weight is 445 g/mol. The number of rotatable bonds is 10. The maximum absolute atomic E-state index is 15.8. The Bertz CT molecular complexity index is 870. The fourth-order valence-corrected chi connectivity index (χ4v) is 5.79. The van der Waals surface area contributed by atoms with Crippen LogP contribution in [-0.4, -0.2) is 23.1 Å². The summed E-state index contributed by atoms with van der Waals surface area (Å²) < 4.78 is 70.0. The molecule has 2 aromatic rings. The van der Waals surface area contributed by atoms with Gasteiger partial charge in [0, 0.05) is 0 Å². The van der Waals surface area contributed by atoms with Gasteiger partial charge in [0.05, 0.1) is 18.1 Å². The van der Waals surface area contributed by atoms with Gasteiger partial charge in [-0.3, -0.25) is 4.57 Å². The highest BCUT2D eigenvalue weighted by Gasteiger charge is 2.66. The predicted octanol–water partition coefficient (Wildman–Crippen LogP) is 5.38. The number of aryl methyl sites for hydroxylation is 1. The van der Waals surface area contributed by atoms with E-state index in [-0.39, 0.29) is 18.8 Å². The molecule has 0 radical (unpaired) electrons. The van der Waals surface area contributed by atoms with Gasteiger partial charge in [0.2, 0.25) is 0 Å². The van der Waals surface area contributed by atoms with E-state index in [2.05, 4.69) is 4.72 Å². The molecule has 5 nitrogen and oxygen atoms in total. The van der Waals surface area contributed by atoms with Crippen LogP contribution in [0.5, 0.6) is 0 Å². The molecule has 2 rings (SSSR count). The van der Waals surface area contributed by atoms with Crippen LogP contribution < -0.4 is 4.72 Å². The van der Waals surface area contributed by atoms with E-state index < -0.39 is 29.8 Å². The van der Waals surface area contributed by atoms with Gasteiger partial charge < -0.3 is 9.05 Å². The SMILES string of the molecule is CCOP(=O)(OCC)C(F)(F)[C@](C)(N[S@@](=O)c1ccc(C)cc1)c1ccccc1. The van der Waals surface area contributed by atoms with Crippen LogP contribution in [0.2, 0.25) is 0 Å². The van der Waals surface area contributed by atoms with Gasteiger partial charge in [-0.15, -0.1) is 0 Å². The van der Waals surface area contributed by atoms with E-state index in [0.717, 1.165) is 12.5 Å². The third-order valence-corrected chi connectivity index (χ3v) is 8.05. The van der Waals surface area contributed by atoms with E-state index in [1.807, 2.05) is 6.92 Å². The van der Waals surface area contributed by atoms with Crippen molar-refractivity contribution in [2.75, 3.05) is 13.2 Å². The monoisotopic (exact) mass is 445 g/mol. The van der Waals surface area contributed by atoms with Crippen molar-refractivity contribution in [1.82, 2.24) is 4.72 Å². The Hall–Kier alpha value is -1.44. The van der Waals surface area contributed by atoms with Crippen molar-refractivity contribution in [2.24, 2.45) is 0 Å². The Morgan fingerprint density at radius 2 is 1.52 bits per heavy atom. The number of nitrogens with one attached hydrogen (secondary N) is 1. The first kappa shape index (κ1) is 23.8. The molecular weight excluding hydrogens is 419 g/mol. The van der Waals surface area contributed by atoms with E-state index in [0.29, 0.717) is 4.90 Å². The van der Waals surface area contributed by atoms with Crippen LogP contribution >= 0.6 is 7.60 Å². The first-order valence-corrected chi connectivity index (χ1v) is 11.9. The Labute approximate surface area is 172 Å². The van der Waals surface area contributed by atoms with Crippen molar-refractivity contribution in [2.45, 2.75) is 43.8 Å². The number of hydrogen-bond acceptors (Lipinski definition) is 4. The maximum atomic E-state index is 15.8. The normalized spacial score (nSPS) is 15.7. The van der Waals surface area contributed by atoms with Crippen molar-refractivity contribution in [1.29, 1.82) is 0 Å². The van der Waals surface area contributed by atoms with Crippen LogP contribution in [0.4, 0.5) is 8.78 Å². The molecule has 2 atom stereocenters. The van der Waals surface area contributed by atoms with Gasteiger partial charge in [0.1, 0.15) is 16.5 Å². The van der Waals surface area contributed by atoms with Crippen LogP contribution in [0, 0.1) is 6.92 Å². The van der Waals surface area contributed by atoms with Gasteiger partial charge in [-0.1, -0.05) is 48.0 Å². The van der Waals surface area contributed by atoms with Crippen molar-refractivity contribution >= 4 is 18.6 Å². The zero-order valence-corrected chi connectivity index (χ0v) is 18.6. The molecule has 0 saturated carbocycles. The van der Waals surface area contributed by atoms with E-state index in [1.165, 1.54) is 26.0 Å². The Kier molecular flexibility index (Phi) is 7.87. The lowest BCUT2D eigenvalue weighted by Crippen LogP contribution is -2.54. The van der Waals surface area contributed by atoms with Crippen LogP contribution in [-0.2, 0) is 30.1 Å². The molecule has 0 spiro atoms. The molecule has 0 heterocycles. The molecule has 0 aliphatic heterocycles. The fraction of sp³-hybridized carbons (Fsp3) is 0.400. The third kappa shape index (κ3) is 4.84. The number of halogens is 2. The second-order valence-electron chi connectivity index (χ2n) is 6.55. The minimum Gasteiger partial charge on any atom is -0.305 e. The Morgan fingerprint density at radius 1 is 1.00 bits per heavy atom. The summed E-state index contributed by atoms with van der Waals surface area (Å²) in [6, 6.07) is 14.4. The van der Waals surface area contributed by atoms with Gasteiger partial charge in [0.25, 0.3) is 0 Å². The van der Waals surface area contributed by atoms with Crippen LogP contribution in [0.15, 0.2) is 59.5 Å². The zero-order valence-electron chi connectivity index (χ0n) is 16.9. The quantitative estimate of drug-likeness (QED) is 0.499. The van der Waals surface area contributed by atoms with E-state index in [9.17, 15) is 8.77 Å². The van der Waals surface area contributed by atoms with Crippen LogP contribution in [0.25, 0.3) is 0 Å². The molecule has 0 aliphatic carbocycles. The van der Waals surface area contributed by atoms with E-state index >= 15 is 8.78 Å². The van der Waals surface area contributed by atoms with Crippen molar-refractivity contribution in [3.63, 3.8) is 0 Å². The van der Waals surface area contributed by atoms with E-state index in [4.69, 9.17) is 9.05 Å². The minimum atomic E-state index is -4.90. The van der Waals surface area contributed by atoms with Crippen molar-refractivity contribution < 1.29 is 26.6 Å². The molecule has 1 N–H and O–H groups in total. The summed E-state index contributed by atoms with van der Waals surface area (Å²) in [5.41, 5.74) is -5.28. The van der Waals surface area contributed by atoms with Gasteiger partial charge >= 0.3 is 13.3 Å². The summed E-state index contributed by atoms with van der Waals surface area (Å²) >= 11 is 0. The minimum absolute atomic E-state index is 0.102. The largest absolute Gasteiger partial charge is 0.402 e. The molecule has 0 saturated heterocycles. The molecule has 0 aromatic heterocycles. The summed E-state index contributed by atoms with van der Waals surface area (Å²) in [6.07, 6.45) is 0. The summed E-state index contributed by atoms with van der Waals surface area (Å²) in [5.74, 6) is 0. The van der Waals surface area contributed by atoms with Crippen molar-refractivity contribution in [3.8, 4) is 0 Å². The predicted molar refractivity (Wildman–Crippen MR) is 110 cm³/mol. The summed E-state index contributed by atoms with van der Waals surface area (Å²) in [5, 5.41) is 0. The lowest BCUT2D eigenvalue weighted by Gasteiger charge is -2.40. The number of benzene rings is 2.